The molecule has 18 heavy (non-hydrogen) atoms. The van der Waals surface area contributed by atoms with Gasteiger partial charge in [0.05, 0.1) is 5.41 Å². The quantitative estimate of drug-likeness (QED) is 0.804. The molecule has 1 heterocycles. The van der Waals surface area contributed by atoms with Crippen molar-refractivity contribution in [1.82, 2.24) is 5.32 Å². The highest BCUT2D eigenvalue weighted by atomic mass is 32.2. The van der Waals surface area contributed by atoms with Crippen molar-refractivity contribution in [1.29, 1.82) is 0 Å². The maximum atomic E-state index is 11.5. The number of piperidine rings is 1. The van der Waals surface area contributed by atoms with Crippen LogP contribution in [0.25, 0.3) is 0 Å². The highest BCUT2D eigenvalue weighted by Gasteiger charge is 2.38. The summed E-state index contributed by atoms with van der Waals surface area (Å²) in [4.78, 5) is 12.7. The zero-order chi connectivity index (χ0) is 12.8. The molecule has 4 heteroatoms. The average molecular weight is 265 g/mol. The maximum Gasteiger partial charge on any atom is 0.309 e. The molecule has 0 amide bonds. The summed E-state index contributed by atoms with van der Waals surface area (Å²) in [5.74, 6) is 0.244. The minimum Gasteiger partial charge on any atom is -0.481 e. The van der Waals surface area contributed by atoms with Crippen molar-refractivity contribution >= 4 is 17.7 Å². The average Bonchev–Trinajstić information content (AvgIpc) is 2.41. The first-order valence-corrected chi connectivity index (χ1v) is 7.33. The minimum absolute atomic E-state index is 0.507. The Morgan fingerprint density at radius 2 is 1.94 bits per heavy atom. The number of rotatable bonds is 5. The van der Waals surface area contributed by atoms with Crippen LogP contribution in [-0.4, -0.2) is 29.9 Å². The van der Waals surface area contributed by atoms with E-state index in [0.717, 1.165) is 38.1 Å². The number of carbonyl (C=O) groups is 1. The lowest BCUT2D eigenvalue weighted by Crippen LogP contribution is -2.42. The Morgan fingerprint density at radius 1 is 1.28 bits per heavy atom. The molecule has 0 radical (unpaired) electrons. The van der Waals surface area contributed by atoms with Crippen molar-refractivity contribution in [3.05, 3.63) is 30.3 Å². The van der Waals surface area contributed by atoms with Gasteiger partial charge in [0.15, 0.2) is 0 Å². The summed E-state index contributed by atoms with van der Waals surface area (Å²) in [6.07, 6.45) is 2.25. The lowest BCUT2D eigenvalue weighted by Gasteiger charge is -2.33. The molecule has 0 atom stereocenters. The number of aliphatic carboxylic acids is 1. The lowest BCUT2D eigenvalue weighted by molar-refractivity contribution is -0.150. The third-order valence-electron chi connectivity index (χ3n) is 3.61. The third-order valence-corrected chi connectivity index (χ3v) is 4.62. The summed E-state index contributed by atoms with van der Waals surface area (Å²) in [5, 5.41) is 12.7. The number of carboxylic acid groups (broad SMARTS) is 1. The van der Waals surface area contributed by atoms with E-state index in [0.29, 0.717) is 0 Å². The van der Waals surface area contributed by atoms with E-state index in [9.17, 15) is 9.90 Å². The van der Waals surface area contributed by atoms with Crippen LogP contribution < -0.4 is 5.32 Å². The highest BCUT2D eigenvalue weighted by Crippen LogP contribution is 2.35. The fraction of sp³-hybridized carbons (Fsp3) is 0.500. The number of hydrogen-bond donors (Lipinski definition) is 2. The van der Waals surface area contributed by atoms with Crippen LogP contribution in [-0.2, 0) is 4.79 Å². The van der Waals surface area contributed by atoms with Crippen LogP contribution in [0.5, 0.6) is 0 Å². The van der Waals surface area contributed by atoms with Crippen molar-refractivity contribution in [3.8, 4) is 0 Å². The molecule has 1 aromatic rings. The van der Waals surface area contributed by atoms with Crippen LogP contribution in [0.1, 0.15) is 19.3 Å². The van der Waals surface area contributed by atoms with Crippen molar-refractivity contribution in [3.63, 3.8) is 0 Å². The smallest absolute Gasteiger partial charge is 0.309 e. The fourth-order valence-corrected chi connectivity index (χ4v) is 3.44. The van der Waals surface area contributed by atoms with Gasteiger partial charge in [0, 0.05) is 4.90 Å². The van der Waals surface area contributed by atoms with E-state index >= 15 is 0 Å². The third kappa shape index (κ3) is 3.27. The van der Waals surface area contributed by atoms with Crippen molar-refractivity contribution < 1.29 is 9.90 Å². The minimum atomic E-state index is -0.627. The zero-order valence-corrected chi connectivity index (χ0v) is 11.2. The van der Waals surface area contributed by atoms with Gasteiger partial charge in [-0.25, -0.2) is 0 Å². The molecular weight excluding hydrogens is 246 g/mol. The van der Waals surface area contributed by atoms with Gasteiger partial charge in [-0.3, -0.25) is 4.79 Å². The van der Waals surface area contributed by atoms with Gasteiger partial charge in [0.2, 0.25) is 0 Å². The fourth-order valence-electron chi connectivity index (χ4n) is 2.36. The number of benzene rings is 1. The van der Waals surface area contributed by atoms with Crippen LogP contribution in [0.15, 0.2) is 35.2 Å². The summed E-state index contributed by atoms with van der Waals surface area (Å²) in [5.41, 5.74) is -0.507. The molecule has 0 bridgehead atoms. The highest BCUT2D eigenvalue weighted by molar-refractivity contribution is 7.99. The molecule has 1 saturated heterocycles. The van der Waals surface area contributed by atoms with Gasteiger partial charge in [-0.15, -0.1) is 11.8 Å². The first-order valence-electron chi connectivity index (χ1n) is 6.35. The summed E-state index contributed by atoms with van der Waals surface area (Å²) in [6.45, 7) is 1.64. The monoisotopic (exact) mass is 265 g/mol. The van der Waals surface area contributed by atoms with Crippen LogP contribution in [0, 0.1) is 5.41 Å². The van der Waals surface area contributed by atoms with Crippen molar-refractivity contribution in [2.75, 3.05) is 18.8 Å². The summed E-state index contributed by atoms with van der Waals surface area (Å²) in [7, 11) is 0. The second-order valence-electron chi connectivity index (χ2n) is 4.75. The Balaban J connectivity index is 1.88. The molecule has 1 fully saturated rings. The molecule has 2 rings (SSSR count). The van der Waals surface area contributed by atoms with E-state index < -0.39 is 11.4 Å². The normalized spacial score (nSPS) is 18.4. The Morgan fingerprint density at radius 3 is 2.56 bits per heavy atom. The second kappa shape index (κ2) is 6.25. The van der Waals surface area contributed by atoms with Gasteiger partial charge in [0.1, 0.15) is 0 Å². The molecule has 0 saturated carbocycles. The molecule has 0 aromatic heterocycles. The first kappa shape index (κ1) is 13.4. The molecule has 1 aromatic carbocycles. The van der Waals surface area contributed by atoms with Gasteiger partial charge in [-0.1, -0.05) is 18.2 Å². The zero-order valence-electron chi connectivity index (χ0n) is 10.4. The van der Waals surface area contributed by atoms with Crippen LogP contribution in [0.2, 0.25) is 0 Å². The SMILES string of the molecule is O=C(O)C1(CCSc2ccccc2)CCNCC1. The van der Waals surface area contributed by atoms with E-state index in [-0.39, 0.29) is 0 Å². The van der Waals surface area contributed by atoms with E-state index in [1.807, 2.05) is 18.2 Å². The number of carboxylic acids is 1. The molecule has 0 spiro atoms. The van der Waals surface area contributed by atoms with E-state index in [1.54, 1.807) is 11.8 Å². The molecule has 0 aliphatic carbocycles. The predicted molar refractivity (Wildman–Crippen MR) is 74.0 cm³/mol. The largest absolute Gasteiger partial charge is 0.481 e. The number of nitrogens with one attached hydrogen (secondary N) is 1. The number of thioether (sulfide) groups is 1. The molecule has 2 N–H and O–H groups in total. The molecule has 1 aliphatic heterocycles. The van der Waals surface area contributed by atoms with E-state index in [4.69, 9.17) is 0 Å². The Kier molecular flexibility index (Phi) is 4.66. The predicted octanol–water partition coefficient (Wildman–Crippen LogP) is 2.62. The summed E-state index contributed by atoms with van der Waals surface area (Å²) >= 11 is 1.75. The van der Waals surface area contributed by atoms with E-state index in [2.05, 4.69) is 17.4 Å². The van der Waals surface area contributed by atoms with E-state index in [1.165, 1.54) is 4.90 Å². The molecule has 0 unspecified atom stereocenters. The second-order valence-corrected chi connectivity index (χ2v) is 5.92. The van der Waals surface area contributed by atoms with Gasteiger partial charge < -0.3 is 10.4 Å². The van der Waals surface area contributed by atoms with Crippen LogP contribution in [0.3, 0.4) is 0 Å². The van der Waals surface area contributed by atoms with Gasteiger partial charge >= 0.3 is 5.97 Å². The molecular formula is C14H19NO2S. The van der Waals surface area contributed by atoms with Gasteiger partial charge in [0.25, 0.3) is 0 Å². The maximum absolute atomic E-state index is 11.5. The molecule has 1 aliphatic rings. The Hall–Kier alpha value is -1.00. The number of hydrogen-bond acceptors (Lipinski definition) is 3. The Labute approximate surface area is 112 Å². The topological polar surface area (TPSA) is 49.3 Å². The molecule has 3 nitrogen and oxygen atoms in total. The van der Waals surface area contributed by atoms with Crippen LogP contribution in [0.4, 0.5) is 0 Å². The summed E-state index contributed by atoms with van der Waals surface area (Å²) in [6, 6.07) is 10.2. The molecule has 98 valence electrons. The van der Waals surface area contributed by atoms with Gasteiger partial charge in [-0.2, -0.15) is 0 Å². The first-order chi connectivity index (χ1) is 8.73. The van der Waals surface area contributed by atoms with Gasteiger partial charge in [-0.05, 0) is 50.2 Å². The van der Waals surface area contributed by atoms with Crippen molar-refractivity contribution in [2.24, 2.45) is 5.41 Å². The summed E-state index contributed by atoms with van der Waals surface area (Å²) < 4.78 is 0. The standard InChI is InChI=1S/C14H19NO2S/c16-13(17)14(6-9-15-10-7-14)8-11-18-12-4-2-1-3-5-12/h1-5,15H,6-11H2,(H,16,17). The Bertz CT molecular complexity index is 388. The van der Waals surface area contributed by atoms with Crippen LogP contribution >= 0.6 is 11.8 Å². The van der Waals surface area contributed by atoms with Crippen molar-refractivity contribution in [2.45, 2.75) is 24.2 Å². The lowest BCUT2D eigenvalue weighted by atomic mass is 9.77.